The van der Waals surface area contributed by atoms with Gasteiger partial charge in [-0.25, -0.2) is 12.7 Å². The summed E-state index contributed by atoms with van der Waals surface area (Å²) in [6.07, 6.45) is 3.08. The van der Waals surface area contributed by atoms with Gasteiger partial charge in [-0.15, -0.1) is 0 Å². The summed E-state index contributed by atoms with van der Waals surface area (Å²) in [4.78, 5) is 0. The molecule has 0 radical (unpaired) electrons. The molecule has 3 nitrogen and oxygen atoms in total. The third-order valence-corrected chi connectivity index (χ3v) is 6.72. The number of hydrogen-bond donors (Lipinski definition) is 0. The van der Waals surface area contributed by atoms with E-state index in [1.165, 1.54) is 0 Å². The van der Waals surface area contributed by atoms with Crippen molar-refractivity contribution in [1.29, 1.82) is 0 Å². The molecule has 1 saturated heterocycles. The monoisotopic (exact) mass is 313 g/mol. The van der Waals surface area contributed by atoms with E-state index in [1.807, 2.05) is 37.3 Å². The Balaban J connectivity index is 1.98. The zero-order valence-electron chi connectivity index (χ0n) is 12.2. The van der Waals surface area contributed by atoms with Crippen LogP contribution in [0, 0.1) is 5.92 Å². The van der Waals surface area contributed by atoms with Gasteiger partial charge in [0.25, 0.3) is 0 Å². The highest BCUT2D eigenvalue weighted by molar-refractivity contribution is 7.98. The molecule has 112 valence electrons. The van der Waals surface area contributed by atoms with E-state index in [9.17, 15) is 8.42 Å². The van der Waals surface area contributed by atoms with Crippen LogP contribution in [-0.4, -0.2) is 43.6 Å². The Morgan fingerprint density at radius 1 is 1.35 bits per heavy atom. The molecule has 5 heteroatoms. The predicted octanol–water partition coefficient (Wildman–Crippen LogP) is 2.80. The molecule has 2 rings (SSSR count). The van der Waals surface area contributed by atoms with E-state index in [4.69, 9.17) is 0 Å². The topological polar surface area (TPSA) is 37.4 Å². The molecular formula is C15H23NO2S2. The van der Waals surface area contributed by atoms with Crippen molar-refractivity contribution in [2.45, 2.75) is 19.3 Å². The normalized spacial score (nSPS) is 22.0. The highest BCUT2D eigenvalue weighted by Crippen LogP contribution is 2.25. The molecule has 0 spiro atoms. The first-order chi connectivity index (χ1) is 9.53. The molecule has 0 N–H and O–H groups in total. The summed E-state index contributed by atoms with van der Waals surface area (Å²) >= 11 is 1.80. The summed E-state index contributed by atoms with van der Waals surface area (Å²) < 4.78 is 26.7. The maximum atomic E-state index is 12.5. The molecule has 1 aliphatic heterocycles. The van der Waals surface area contributed by atoms with Crippen molar-refractivity contribution in [3.8, 4) is 0 Å². The quantitative estimate of drug-likeness (QED) is 0.810. The van der Waals surface area contributed by atoms with E-state index in [2.05, 4.69) is 6.26 Å². The Kier molecular flexibility index (Phi) is 5.52. The van der Waals surface area contributed by atoms with E-state index >= 15 is 0 Å². The summed E-state index contributed by atoms with van der Waals surface area (Å²) in [5.41, 5.74) is 1.09. The average molecular weight is 313 g/mol. The van der Waals surface area contributed by atoms with Gasteiger partial charge in [-0.3, -0.25) is 0 Å². The van der Waals surface area contributed by atoms with Gasteiger partial charge in [-0.05, 0) is 35.8 Å². The first kappa shape index (κ1) is 15.9. The molecule has 1 aliphatic rings. The second-order valence-corrected chi connectivity index (χ2v) is 8.48. The second kappa shape index (κ2) is 6.96. The first-order valence-electron chi connectivity index (χ1n) is 7.04. The largest absolute Gasteiger partial charge is 0.214 e. The highest BCUT2D eigenvalue weighted by Gasteiger charge is 2.32. The molecule has 20 heavy (non-hydrogen) atoms. The van der Waals surface area contributed by atoms with Crippen LogP contribution < -0.4 is 0 Å². The number of benzene rings is 1. The fraction of sp³-hybridized carbons (Fsp3) is 0.600. The third kappa shape index (κ3) is 3.99. The van der Waals surface area contributed by atoms with Gasteiger partial charge < -0.3 is 0 Å². The minimum Gasteiger partial charge on any atom is -0.212 e. The van der Waals surface area contributed by atoms with Crippen molar-refractivity contribution in [3.05, 3.63) is 35.9 Å². The number of rotatable bonds is 6. The van der Waals surface area contributed by atoms with Crippen LogP contribution >= 0.6 is 11.8 Å². The molecule has 0 saturated carbocycles. The molecule has 0 aromatic heterocycles. The summed E-state index contributed by atoms with van der Waals surface area (Å²) in [5, 5.41) is 0. The van der Waals surface area contributed by atoms with Crippen LogP contribution in [0.5, 0.6) is 0 Å². The van der Waals surface area contributed by atoms with E-state index in [-0.39, 0.29) is 11.7 Å². The Bertz CT molecular complexity index is 516. The standard InChI is InChI=1S/C15H23NO2S2/c1-13(15-6-4-3-5-7-15)12-20(17,18)16-9-8-14(10-16)11-19-2/h3-7,13-14H,8-12H2,1-2H3. The zero-order valence-corrected chi connectivity index (χ0v) is 13.8. The van der Waals surface area contributed by atoms with Crippen molar-refractivity contribution in [2.75, 3.05) is 30.9 Å². The number of nitrogens with zero attached hydrogens (tertiary/aromatic N) is 1. The molecule has 0 bridgehead atoms. The molecule has 2 unspecified atom stereocenters. The Morgan fingerprint density at radius 3 is 2.70 bits per heavy atom. The van der Waals surface area contributed by atoms with Crippen molar-refractivity contribution in [1.82, 2.24) is 4.31 Å². The van der Waals surface area contributed by atoms with E-state index in [0.29, 0.717) is 19.0 Å². The molecule has 0 amide bonds. The summed E-state index contributed by atoms with van der Waals surface area (Å²) in [7, 11) is -3.13. The first-order valence-corrected chi connectivity index (χ1v) is 10.0. The number of hydrogen-bond acceptors (Lipinski definition) is 3. The van der Waals surface area contributed by atoms with Crippen LogP contribution in [0.15, 0.2) is 30.3 Å². The van der Waals surface area contributed by atoms with Crippen LogP contribution in [0.2, 0.25) is 0 Å². The lowest BCUT2D eigenvalue weighted by Gasteiger charge is -2.19. The van der Waals surface area contributed by atoms with Gasteiger partial charge in [0.05, 0.1) is 5.75 Å². The maximum Gasteiger partial charge on any atom is 0.214 e. The van der Waals surface area contributed by atoms with Crippen LogP contribution in [0.4, 0.5) is 0 Å². The van der Waals surface area contributed by atoms with Crippen LogP contribution in [-0.2, 0) is 10.0 Å². The van der Waals surface area contributed by atoms with E-state index in [0.717, 1.165) is 17.7 Å². The number of thioether (sulfide) groups is 1. The average Bonchev–Trinajstić information content (AvgIpc) is 2.89. The summed E-state index contributed by atoms with van der Waals surface area (Å²) in [6, 6.07) is 9.88. The Labute approximate surface area is 126 Å². The summed E-state index contributed by atoms with van der Waals surface area (Å²) in [5.74, 6) is 1.83. The van der Waals surface area contributed by atoms with Gasteiger partial charge in [0.1, 0.15) is 0 Å². The molecule has 1 aromatic carbocycles. The van der Waals surface area contributed by atoms with Gasteiger partial charge in [0.15, 0.2) is 0 Å². The lowest BCUT2D eigenvalue weighted by Crippen LogP contribution is -2.32. The van der Waals surface area contributed by atoms with Crippen molar-refractivity contribution in [3.63, 3.8) is 0 Å². The third-order valence-electron chi connectivity index (χ3n) is 3.87. The fourth-order valence-corrected chi connectivity index (χ4v) is 5.32. The van der Waals surface area contributed by atoms with Gasteiger partial charge in [0, 0.05) is 13.1 Å². The van der Waals surface area contributed by atoms with E-state index < -0.39 is 10.0 Å². The Morgan fingerprint density at radius 2 is 2.05 bits per heavy atom. The molecular weight excluding hydrogens is 290 g/mol. The minimum atomic E-state index is -3.13. The molecule has 1 heterocycles. The summed E-state index contributed by atoms with van der Waals surface area (Å²) in [6.45, 7) is 3.38. The van der Waals surface area contributed by atoms with Crippen molar-refractivity contribution in [2.24, 2.45) is 5.92 Å². The maximum absolute atomic E-state index is 12.5. The van der Waals surface area contributed by atoms with Crippen molar-refractivity contribution >= 4 is 21.8 Å². The molecule has 2 atom stereocenters. The van der Waals surface area contributed by atoms with Crippen LogP contribution in [0.3, 0.4) is 0 Å². The highest BCUT2D eigenvalue weighted by atomic mass is 32.2. The second-order valence-electron chi connectivity index (χ2n) is 5.56. The van der Waals surface area contributed by atoms with Gasteiger partial charge in [-0.1, -0.05) is 37.3 Å². The van der Waals surface area contributed by atoms with Gasteiger partial charge >= 0.3 is 0 Å². The minimum absolute atomic E-state index is 0.0424. The van der Waals surface area contributed by atoms with Crippen molar-refractivity contribution < 1.29 is 8.42 Å². The van der Waals surface area contributed by atoms with Crippen LogP contribution in [0.1, 0.15) is 24.8 Å². The Hall–Kier alpha value is -0.520. The smallest absolute Gasteiger partial charge is 0.212 e. The molecule has 0 aliphatic carbocycles. The van der Waals surface area contributed by atoms with Crippen LogP contribution in [0.25, 0.3) is 0 Å². The molecule has 1 fully saturated rings. The zero-order chi connectivity index (χ0) is 14.6. The van der Waals surface area contributed by atoms with E-state index in [1.54, 1.807) is 16.1 Å². The van der Waals surface area contributed by atoms with Gasteiger partial charge in [0.2, 0.25) is 10.0 Å². The lowest BCUT2D eigenvalue weighted by molar-refractivity contribution is 0.462. The SMILES string of the molecule is CSCC1CCN(S(=O)(=O)CC(C)c2ccccc2)C1. The number of sulfonamides is 1. The van der Waals surface area contributed by atoms with Gasteiger partial charge in [-0.2, -0.15) is 11.8 Å². The predicted molar refractivity (Wildman–Crippen MR) is 86.7 cm³/mol. The lowest BCUT2D eigenvalue weighted by atomic mass is 10.0. The fourth-order valence-electron chi connectivity index (χ4n) is 2.72. The molecule has 1 aromatic rings.